The van der Waals surface area contributed by atoms with Crippen molar-refractivity contribution in [3.8, 4) is 0 Å². The Kier molecular flexibility index (Phi) is 4.17. The van der Waals surface area contributed by atoms with Gasteiger partial charge in [0.05, 0.1) is 17.5 Å². The Hall–Kier alpha value is -3.32. The van der Waals surface area contributed by atoms with Gasteiger partial charge in [-0.05, 0) is 43.2 Å². The molecule has 3 aliphatic heterocycles. The number of rotatable bonds is 3. The van der Waals surface area contributed by atoms with Crippen LogP contribution in [0.2, 0.25) is 0 Å². The lowest BCUT2D eigenvalue weighted by molar-refractivity contribution is -0.130. The monoisotopic (exact) mass is 417 g/mol. The van der Waals surface area contributed by atoms with E-state index in [1.165, 1.54) is 11.8 Å². The van der Waals surface area contributed by atoms with Gasteiger partial charge in [-0.25, -0.2) is 4.90 Å². The Labute approximate surface area is 179 Å². The summed E-state index contributed by atoms with van der Waals surface area (Å²) >= 11 is 0. The van der Waals surface area contributed by atoms with Gasteiger partial charge in [0.2, 0.25) is 17.7 Å². The van der Waals surface area contributed by atoms with Gasteiger partial charge >= 0.3 is 0 Å². The summed E-state index contributed by atoms with van der Waals surface area (Å²) < 4.78 is 0. The molecule has 4 atom stereocenters. The number of Topliss-reactive ketones (excluding diaryl/α,β-unsaturated/α-hetero) is 1. The molecule has 2 saturated heterocycles. The molecule has 2 aromatic carbocycles. The number of hydrogen-bond donors (Lipinski definition) is 2. The Morgan fingerprint density at radius 3 is 2.32 bits per heavy atom. The zero-order valence-corrected chi connectivity index (χ0v) is 17.5. The van der Waals surface area contributed by atoms with Crippen molar-refractivity contribution in [2.45, 2.75) is 32.4 Å². The lowest BCUT2D eigenvalue weighted by Gasteiger charge is -2.30. The van der Waals surface area contributed by atoms with E-state index in [4.69, 9.17) is 0 Å². The molecular weight excluding hydrogens is 394 g/mol. The van der Waals surface area contributed by atoms with Gasteiger partial charge in [0.15, 0.2) is 5.78 Å². The number of fused-ring (bicyclic) bond motifs is 4. The van der Waals surface area contributed by atoms with E-state index >= 15 is 0 Å². The number of imide groups is 1. The van der Waals surface area contributed by atoms with Gasteiger partial charge in [-0.1, -0.05) is 32.0 Å². The number of carbonyl (C=O) groups is 4. The average molecular weight is 417 g/mol. The van der Waals surface area contributed by atoms with Gasteiger partial charge in [-0.15, -0.1) is 0 Å². The molecule has 1 spiro atoms. The van der Waals surface area contributed by atoms with Crippen molar-refractivity contribution in [3.05, 3.63) is 59.7 Å². The van der Waals surface area contributed by atoms with E-state index < -0.39 is 23.3 Å². The van der Waals surface area contributed by atoms with Gasteiger partial charge in [-0.2, -0.15) is 0 Å². The van der Waals surface area contributed by atoms with Crippen LogP contribution in [0.3, 0.4) is 0 Å². The fourth-order valence-electron chi connectivity index (χ4n) is 5.36. The van der Waals surface area contributed by atoms with E-state index in [0.717, 1.165) is 0 Å². The highest BCUT2D eigenvalue weighted by Gasteiger charge is 2.70. The highest BCUT2D eigenvalue weighted by atomic mass is 16.2. The first-order valence-corrected chi connectivity index (χ1v) is 10.4. The Morgan fingerprint density at radius 2 is 1.68 bits per heavy atom. The summed E-state index contributed by atoms with van der Waals surface area (Å²) in [5, 5.41) is 6.30. The minimum Gasteiger partial charge on any atom is -0.324 e. The molecular formula is C24H23N3O4. The Bertz CT molecular complexity index is 1140. The van der Waals surface area contributed by atoms with E-state index in [-0.39, 0.29) is 29.6 Å². The fourth-order valence-corrected chi connectivity index (χ4v) is 5.36. The Morgan fingerprint density at radius 1 is 1.00 bits per heavy atom. The second-order valence-electron chi connectivity index (χ2n) is 8.84. The lowest BCUT2D eigenvalue weighted by atomic mass is 9.76. The number of hydrogen-bond acceptors (Lipinski definition) is 5. The minimum absolute atomic E-state index is 0.0317. The zero-order valence-electron chi connectivity index (χ0n) is 17.5. The smallest absolute Gasteiger partial charge is 0.250 e. The molecule has 0 aliphatic carbocycles. The molecule has 2 aromatic rings. The van der Waals surface area contributed by atoms with Crippen LogP contribution in [0.4, 0.5) is 11.4 Å². The molecule has 0 aromatic heterocycles. The number of carbonyl (C=O) groups excluding carboxylic acids is 4. The molecule has 0 unspecified atom stereocenters. The fraction of sp³-hybridized carbons (Fsp3) is 0.333. The van der Waals surface area contributed by atoms with Gasteiger partial charge in [-0.3, -0.25) is 24.5 Å². The van der Waals surface area contributed by atoms with E-state index in [2.05, 4.69) is 10.6 Å². The van der Waals surface area contributed by atoms with Crippen LogP contribution >= 0.6 is 0 Å². The van der Waals surface area contributed by atoms with Crippen molar-refractivity contribution in [3.63, 3.8) is 0 Å². The molecule has 7 heteroatoms. The normalized spacial score (nSPS) is 29.0. The highest BCUT2D eigenvalue weighted by Crippen LogP contribution is 2.54. The topological polar surface area (TPSA) is 95.6 Å². The van der Waals surface area contributed by atoms with Crippen LogP contribution in [0.25, 0.3) is 0 Å². The molecule has 5 rings (SSSR count). The largest absolute Gasteiger partial charge is 0.324 e. The maximum atomic E-state index is 13.7. The molecule has 3 heterocycles. The van der Waals surface area contributed by atoms with Crippen molar-refractivity contribution in [2.24, 2.45) is 17.8 Å². The first-order valence-electron chi connectivity index (χ1n) is 10.4. The van der Waals surface area contributed by atoms with E-state index in [9.17, 15) is 19.2 Å². The van der Waals surface area contributed by atoms with Gasteiger partial charge in [0, 0.05) is 22.9 Å². The molecule has 3 aliphatic rings. The molecule has 0 bridgehead atoms. The maximum absolute atomic E-state index is 13.7. The van der Waals surface area contributed by atoms with E-state index in [1.54, 1.807) is 30.3 Å². The molecule has 158 valence electrons. The molecule has 31 heavy (non-hydrogen) atoms. The molecule has 7 nitrogen and oxygen atoms in total. The Balaban J connectivity index is 1.64. The summed E-state index contributed by atoms with van der Waals surface area (Å²) in [6.45, 7) is 5.42. The predicted molar refractivity (Wildman–Crippen MR) is 114 cm³/mol. The van der Waals surface area contributed by atoms with Crippen LogP contribution in [0.15, 0.2) is 48.5 Å². The van der Waals surface area contributed by atoms with Crippen molar-refractivity contribution in [1.29, 1.82) is 0 Å². The summed E-state index contributed by atoms with van der Waals surface area (Å²) in [6, 6.07) is 13.4. The summed E-state index contributed by atoms with van der Waals surface area (Å²) in [5.74, 6) is -2.57. The predicted octanol–water partition coefficient (Wildman–Crippen LogP) is 2.47. The number of amides is 3. The van der Waals surface area contributed by atoms with Crippen LogP contribution in [0.5, 0.6) is 0 Å². The summed E-state index contributed by atoms with van der Waals surface area (Å²) in [4.78, 5) is 53.4. The van der Waals surface area contributed by atoms with Crippen LogP contribution in [0.1, 0.15) is 36.7 Å². The van der Waals surface area contributed by atoms with Crippen LogP contribution < -0.4 is 15.5 Å². The van der Waals surface area contributed by atoms with Crippen LogP contribution in [0, 0.1) is 17.8 Å². The van der Waals surface area contributed by atoms with Crippen LogP contribution in [-0.4, -0.2) is 29.5 Å². The van der Waals surface area contributed by atoms with E-state index in [0.29, 0.717) is 22.5 Å². The molecule has 0 saturated carbocycles. The number of nitrogens with one attached hydrogen (secondary N) is 2. The first-order chi connectivity index (χ1) is 14.8. The third-order valence-electron chi connectivity index (χ3n) is 6.81. The third kappa shape index (κ3) is 2.50. The van der Waals surface area contributed by atoms with Crippen molar-refractivity contribution < 1.29 is 19.2 Å². The van der Waals surface area contributed by atoms with Gasteiger partial charge in [0.1, 0.15) is 5.54 Å². The number of anilines is 2. The van der Waals surface area contributed by atoms with Crippen molar-refractivity contribution in [1.82, 2.24) is 5.32 Å². The summed E-state index contributed by atoms with van der Waals surface area (Å²) in [5.41, 5.74) is 1.00. The number of para-hydroxylation sites is 1. The molecule has 3 amide bonds. The van der Waals surface area contributed by atoms with Crippen molar-refractivity contribution in [2.75, 3.05) is 10.2 Å². The van der Waals surface area contributed by atoms with E-state index in [1.807, 2.05) is 32.0 Å². The lowest BCUT2D eigenvalue weighted by Crippen LogP contribution is -2.54. The number of benzene rings is 2. The van der Waals surface area contributed by atoms with Crippen LogP contribution in [-0.2, 0) is 19.9 Å². The quantitative estimate of drug-likeness (QED) is 0.591. The SMILES string of the molecule is CC(=O)c1ccc(N2C(=O)[C@@H]3[C@@H](C(C)C)N[C@]4(C(=O)Nc5ccccc54)[C@H]3C2=O)cc1. The summed E-state index contributed by atoms with van der Waals surface area (Å²) in [7, 11) is 0. The highest BCUT2D eigenvalue weighted by molar-refractivity contribution is 6.25. The standard InChI is InChI=1S/C24H23N3O4/c1-12(2)20-18-19(24(26-20)16-6-4-5-7-17(16)25-23(24)31)22(30)27(21(18)29)15-10-8-14(9-11-15)13(3)28/h4-12,18-20,26H,1-3H3,(H,25,31)/t18-,19+,20+,24-/m0/s1. The average Bonchev–Trinajstić information content (AvgIpc) is 3.33. The molecule has 2 N–H and O–H groups in total. The second-order valence-corrected chi connectivity index (χ2v) is 8.84. The van der Waals surface area contributed by atoms with Gasteiger partial charge in [0.25, 0.3) is 0 Å². The molecule has 2 fully saturated rings. The number of ketones is 1. The molecule has 0 radical (unpaired) electrons. The second kappa shape index (κ2) is 6.59. The zero-order chi connectivity index (χ0) is 22.1. The first kappa shape index (κ1) is 19.6. The number of nitrogens with zero attached hydrogens (tertiary/aromatic N) is 1. The van der Waals surface area contributed by atoms with Crippen molar-refractivity contribution >= 4 is 34.9 Å². The summed E-state index contributed by atoms with van der Waals surface area (Å²) in [6.07, 6.45) is 0. The third-order valence-corrected chi connectivity index (χ3v) is 6.81. The minimum atomic E-state index is -1.28. The van der Waals surface area contributed by atoms with Gasteiger partial charge < -0.3 is 5.32 Å². The maximum Gasteiger partial charge on any atom is 0.250 e.